The summed E-state index contributed by atoms with van der Waals surface area (Å²) in [6, 6.07) is 22.5. The van der Waals surface area contributed by atoms with Crippen molar-refractivity contribution < 1.29 is 33.3 Å². The van der Waals surface area contributed by atoms with E-state index in [1.807, 2.05) is 87.5 Å². The Morgan fingerprint density at radius 3 is 1.79 bits per heavy atom. The number of carbonyl (C=O) groups is 2. The van der Waals surface area contributed by atoms with E-state index >= 15 is 0 Å². The van der Waals surface area contributed by atoms with Crippen LogP contribution in [0.1, 0.15) is 41.9 Å². The van der Waals surface area contributed by atoms with Gasteiger partial charge in [-0.1, -0.05) is 60.7 Å². The van der Waals surface area contributed by atoms with Gasteiger partial charge in [0.05, 0.1) is 51.6 Å². The largest absolute Gasteiger partial charge is 0.494 e. The van der Waals surface area contributed by atoms with E-state index in [9.17, 15) is 9.59 Å². The molecule has 0 saturated heterocycles. The molecule has 0 spiro atoms. The quantitative estimate of drug-likeness (QED) is 0.165. The summed E-state index contributed by atoms with van der Waals surface area (Å²) >= 11 is 0. The molecule has 11 nitrogen and oxygen atoms in total. The van der Waals surface area contributed by atoms with Crippen LogP contribution in [-0.4, -0.2) is 66.1 Å². The van der Waals surface area contributed by atoms with Crippen molar-refractivity contribution in [1.82, 2.24) is 20.2 Å². The van der Waals surface area contributed by atoms with Crippen LogP contribution in [0.3, 0.4) is 0 Å². The van der Waals surface area contributed by atoms with Crippen LogP contribution in [0.15, 0.2) is 91.5 Å². The number of ether oxygens (including phenoxy) is 5. The molecular weight excluding hydrogens is 552 g/mol. The maximum absolute atomic E-state index is 11.6. The third-order valence-electron chi connectivity index (χ3n) is 5.18. The average Bonchev–Trinajstić information content (AvgIpc) is 3.05. The molecule has 0 aliphatic carbocycles. The van der Waals surface area contributed by atoms with Crippen molar-refractivity contribution in [1.29, 1.82) is 0 Å². The molecule has 0 fully saturated rings. The third-order valence-corrected chi connectivity index (χ3v) is 5.18. The van der Waals surface area contributed by atoms with E-state index in [1.54, 1.807) is 6.07 Å². The van der Waals surface area contributed by atoms with Crippen LogP contribution in [-0.2, 0) is 18.9 Å². The lowest BCUT2D eigenvalue weighted by atomic mass is 10.1. The van der Waals surface area contributed by atoms with Crippen LogP contribution in [0, 0.1) is 0 Å². The second kappa shape index (κ2) is 18.9. The minimum atomic E-state index is -0.592. The van der Waals surface area contributed by atoms with Crippen molar-refractivity contribution in [3.8, 4) is 28.3 Å². The maximum atomic E-state index is 11.6. The fourth-order valence-corrected chi connectivity index (χ4v) is 3.31. The van der Waals surface area contributed by atoms with Crippen molar-refractivity contribution in [2.24, 2.45) is 0 Å². The molecule has 43 heavy (non-hydrogen) atoms. The Labute approximate surface area is 251 Å². The maximum Gasteiger partial charge on any atom is 0.378 e. The number of nitrogens with zero attached hydrogens (tertiary/aromatic N) is 4. The van der Waals surface area contributed by atoms with E-state index in [4.69, 9.17) is 18.9 Å². The predicted octanol–water partition coefficient (Wildman–Crippen LogP) is 5.79. The van der Waals surface area contributed by atoms with Crippen molar-refractivity contribution in [2.75, 3.05) is 34.0 Å². The molecule has 0 radical (unpaired) electrons. The van der Waals surface area contributed by atoms with Crippen LogP contribution < -0.4 is 4.74 Å². The number of aromatic nitrogens is 4. The van der Waals surface area contributed by atoms with Gasteiger partial charge in [0.15, 0.2) is 5.69 Å². The summed E-state index contributed by atoms with van der Waals surface area (Å²) < 4.78 is 24.4. The molecule has 4 aromatic rings. The van der Waals surface area contributed by atoms with Gasteiger partial charge < -0.3 is 23.7 Å². The third kappa shape index (κ3) is 11.6. The second-order valence-corrected chi connectivity index (χ2v) is 8.12. The topological polar surface area (TPSA) is 132 Å². The Morgan fingerprint density at radius 1 is 0.721 bits per heavy atom. The highest BCUT2D eigenvalue weighted by molar-refractivity contribution is 5.88. The van der Waals surface area contributed by atoms with Gasteiger partial charge in [-0.05, 0) is 27.4 Å². The van der Waals surface area contributed by atoms with Crippen molar-refractivity contribution in [3.63, 3.8) is 0 Å². The van der Waals surface area contributed by atoms with Crippen LogP contribution >= 0.6 is 0 Å². The molecule has 4 rings (SSSR count). The van der Waals surface area contributed by atoms with E-state index in [0.29, 0.717) is 42.9 Å². The summed E-state index contributed by atoms with van der Waals surface area (Å²) in [5, 5.41) is 7.32. The minimum Gasteiger partial charge on any atom is -0.494 e. The number of rotatable bonds is 10. The summed E-state index contributed by atoms with van der Waals surface area (Å²) in [7, 11) is 2.61. The van der Waals surface area contributed by atoms with Crippen LogP contribution in [0.5, 0.6) is 5.75 Å². The molecule has 0 saturated carbocycles. The molecule has 0 N–H and O–H groups in total. The summed E-state index contributed by atoms with van der Waals surface area (Å²) in [6.07, 6.45) is 1.50. The van der Waals surface area contributed by atoms with Gasteiger partial charge in [-0.15, -0.1) is 5.10 Å². The molecule has 0 atom stereocenters. The van der Waals surface area contributed by atoms with Gasteiger partial charge in [-0.2, -0.15) is 5.10 Å². The molecule has 0 aliphatic rings. The van der Waals surface area contributed by atoms with Gasteiger partial charge in [-0.3, -0.25) is 0 Å². The Hall–Kier alpha value is -5.32. The first-order valence-electron chi connectivity index (χ1n) is 13.4. The molecule has 0 aliphatic heterocycles. The number of methoxy groups -OCH3 is 2. The van der Waals surface area contributed by atoms with Crippen LogP contribution in [0.2, 0.25) is 0 Å². The molecule has 226 valence electrons. The SMILES string of the molecule is C=C(OCC)OCC.CCOc1cc(C(=O)OC)nc(-c2ccccc2)c1.COC(=O)c1nncc(-c2ccccc2)n1. The monoisotopic (exact) mass is 588 g/mol. The summed E-state index contributed by atoms with van der Waals surface area (Å²) in [5.41, 5.74) is 3.33. The molecule has 0 amide bonds. The lowest BCUT2D eigenvalue weighted by Crippen LogP contribution is -2.09. The van der Waals surface area contributed by atoms with Crippen molar-refractivity contribution >= 4 is 11.9 Å². The van der Waals surface area contributed by atoms with Crippen LogP contribution in [0.25, 0.3) is 22.5 Å². The number of carbonyl (C=O) groups excluding carboxylic acids is 2. The van der Waals surface area contributed by atoms with E-state index in [0.717, 1.165) is 11.1 Å². The van der Waals surface area contributed by atoms with Gasteiger partial charge in [0.1, 0.15) is 5.75 Å². The van der Waals surface area contributed by atoms with E-state index in [1.165, 1.54) is 20.4 Å². The van der Waals surface area contributed by atoms with E-state index < -0.39 is 11.9 Å². The molecule has 0 unspecified atom stereocenters. The summed E-state index contributed by atoms with van der Waals surface area (Å²) in [5.74, 6) is -0.0837. The second-order valence-electron chi connectivity index (χ2n) is 8.12. The van der Waals surface area contributed by atoms with E-state index in [-0.39, 0.29) is 11.5 Å². The lowest BCUT2D eigenvalue weighted by molar-refractivity contribution is 0.0486. The first-order valence-corrected chi connectivity index (χ1v) is 13.4. The Bertz CT molecular complexity index is 1430. The molecule has 2 heterocycles. The highest BCUT2D eigenvalue weighted by Gasteiger charge is 2.13. The normalized spacial score (nSPS) is 9.60. The Balaban J connectivity index is 0.000000244. The molecule has 0 bridgehead atoms. The highest BCUT2D eigenvalue weighted by atomic mass is 16.7. The Kier molecular flexibility index (Phi) is 14.9. The number of benzene rings is 2. The summed E-state index contributed by atoms with van der Waals surface area (Å²) in [6.45, 7) is 10.9. The van der Waals surface area contributed by atoms with Crippen molar-refractivity contribution in [2.45, 2.75) is 20.8 Å². The van der Waals surface area contributed by atoms with Gasteiger partial charge in [0, 0.05) is 23.3 Å². The molecule has 2 aromatic carbocycles. The zero-order valence-electron chi connectivity index (χ0n) is 25.0. The first-order chi connectivity index (χ1) is 20.9. The minimum absolute atomic E-state index is 0.0381. The Morgan fingerprint density at radius 2 is 1.28 bits per heavy atom. The average molecular weight is 589 g/mol. The standard InChI is InChI=1S/C15H15NO3.C11H9N3O2.C6H12O2/c1-3-19-12-9-13(11-7-5-4-6-8-11)16-14(10-12)15(17)18-2;1-16-11(15)10-13-9(7-12-14-10)8-5-3-2-4-6-8;1-4-7-6(3)8-5-2/h4-10H,3H2,1-2H3;2-7H,1H3;3-5H2,1-2H3. The number of esters is 2. The number of hydrogen-bond donors (Lipinski definition) is 0. The van der Waals surface area contributed by atoms with Gasteiger partial charge in [-0.25, -0.2) is 19.6 Å². The fraction of sp³-hybridized carbons (Fsp3) is 0.250. The smallest absolute Gasteiger partial charge is 0.378 e. The van der Waals surface area contributed by atoms with Gasteiger partial charge in [0.25, 0.3) is 11.8 Å². The van der Waals surface area contributed by atoms with Gasteiger partial charge in [0.2, 0.25) is 0 Å². The lowest BCUT2D eigenvalue weighted by Gasteiger charge is -2.08. The summed E-state index contributed by atoms with van der Waals surface area (Å²) in [4.78, 5) is 31.2. The molecule has 11 heteroatoms. The fourth-order valence-electron chi connectivity index (χ4n) is 3.31. The predicted molar refractivity (Wildman–Crippen MR) is 161 cm³/mol. The van der Waals surface area contributed by atoms with E-state index in [2.05, 4.69) is 31.5 Å². The molecule has 2 aromatic heterocycles. The first kappa shape index (κ1) is 33.9. The van der Waals surface area contributed by atoms with Crippen molar-refractivity contribution in [3.05, 3.63) is 103 Å². The van der Waals surface area contributed by atoms with Gasteiger partial charge >= 0.3 is 11.9 Å². The number of hydrogen-bond acceptors (Lipinski definition) is 11. The van der Waals surface area contributed by atoms with Crippen LogP contribution in [0.4, 0.5) is 0 Å². The highest BCUT2D eigenvalue weighted by Crippen LogP contribution is 2.23. The molecular formula is C32H36N4O7. The zero-order valence-corrected chi connectivity index (χ0v) is 25.0. The number of pyridine rings is 1. The zero-order chi connectivity index (χ0) is 31.5.